The maximum absolute atomic E-state index is 12.3. The first-order valence-corrected chi connectivity index (χ1v) is 8.25. The summed E-state index contributed by atoms with van der Waals surface area (Å²) in [6, 6.07) is 17.3. The lowest BCUT2D eigenvalue weighted by atomic mass is 10.2. The molecule has 0 radical (unpaired) electrons. The van der Waals surface area contributed by atoms with Gasteiger partial charge in [-0.3, -0.25) is 9.59 Å². The number of furan rings is 1. The van der Waals surface area contributed by atoms with E-state index in [4.69, 9.17) is 8.94 Å². The van der Waals surface area contributed by atoms with E-state index < -0.39 is 0 Å². The number of aromatic nitrogens is 2. The van der Waals surface area contributed by atoms with Crippen molar-refractivity contribution in [1.82, 2.24) is 9.72 Å². The largest absolute Gasteiger partial charge is 0.461 e. The Morgan fingerprint density at radius 1 is 1.04 bits per heavy atom. The van der Waals surface area contributed by atoms with Crippen molar-refractivity contribution in [1.29, 1.82) is 0 Å². The Morgan fingerprint density at radius 2 is 1.89 bits per heavy atom. The molecule has 3 aromatic heterocycles. The van der Waals surface area contributed by atoms with Gasteiger partial charge >= 0.3 is 0 Å². The van der Waals surface area contributed by atoms with Crippen LogP contribution < -0.4 is 10.9 Å². The predicted octanol–water partition coefficient (Wildman–Crippen LogP) is 3.40. The van der Waals surface area contributed by atoms with Gasteiger partial charge in [0.1, 0.15) is 0 Å². The summed E-state index contributed by atoms with van der Waals surface area (Å²) < 4.78 is 11.9. The van der Waals surface area contributed by atoms with E-state index in [0.717, 1.165) is 5.56 Å². The number of carbonyl (C=O) groups is 1. The summed E-state index contributed by atoms with van der Waals surface area (Å²) >= 11 is 0. The SMILES string of the molecule is O=C(Nc1ccc(Cn2ccccc2=O)cc1)c1cc(-c2ccco2)on1. The van der Waals surface area contributed by atoms with Crippen LogP contribution in [0.4, 0.5) is 5.69 Å². The van der Waals surface area contributed by atoms with Crippen molar-refractivity contribution in [3.8, 4) is 11.5 Å². The third-order valence-corrected chi connectivity index (χ3v) is 3.97. The van der Waals surface area contributed by atoms with Gasteiger partial charge in [0.25, 0.3) is 11.5 Å². The standard InChI is InChI=1S/C20H15N3O4/c24-19-5-1-2-10-23(19)13-14-6-8-15(9-7-14)21-20(25)16-12-18(27-22-16)17-4-3-11-26-17/h1-12H,13H2,(H,21,25). The number of carbonyl (C=O) groups excluding carboxylic acids is 1. The normalized spacial score (nSPS) is 10.7. The predicted molar refractivity (Wildman–Crippen MR) is 98.4 cm³/mol. The molecule has 27 heavy (non-hydrogen) atoms. The molecule has 1 aromatic carbocycles. The molecule has 0 unspecified atom stereocenters. The molecule has 134 valence electrons. The molecule has 0 spiro atoms. The summed E-state index contributed by atoms with van der Waals surface area (Å²) in [6.07, 6.45) is 3.25. The van der Waals surface area contributed by atoms with Gasteiger partial charge in [0.15, 0.2) is 11.5 Å². The Morgan fingerprint density at radius 3 is 2.63 bits per heavy atom. The molecule has 7 heteroatoms. The molecule has 1 amide bonds. The molecule has 4 aromatic rings. The van der Waals surface area contributed by atoms with Gasteiger partial charge in [0.2, 0.25) is 5.76 Å². The summed E-state index contributed by atoms with van der Waals surface area (Å²) in [7, 11) is 0. The number of anilines is 1. The maximum Gasteiger partial charge on any atom is 0.277 e. The van der Waals surface area contributed by atoms with E-state index in [9.17, 15) is 9.59 Å². The lowest BCUT2D eigenvalue weighted by molar-refractivity contribution is 0.101. The Bertz CT molecular complexity index is 1110. The van der Waals surface area contributed by atoms with Crippen LogP contribution in [0, 0.1) is 0 Å². The van der Waals surface area contributed by atoms with Gasteiger partial charge in [-0.25, -0.2) is 0 Å². The average Bonchev–Trinajstić information content (AvgIpc) is 3.36. The van der Waals surface area contributed by atoms with Crippen LogP contribution >= 0.6 is 0 Å². The summed E-state index contributed by atoms with van der Waals surface area (Å²) in [5, 5.41) is 6.52. The summed E-state index contributed by atoms with van der Waals surface area (Å²) in [4.78, 5) is 24.1. The van der Waals surface area contributed by atoms with Crippen LogP contribution in [0.3, 0.4) is 0 Å². The van der Waals surface area contributed by atoms with Crippen molar-refractivity contribution in [3.05, 3.63) is 94.7 Å². The second-order valence-corrected chi connectivity index (χ2v) is 5.87. The highest BCUT2D eigenvalue weighted by atomic mass is 16.5. The highest BCUT2D eigenvalue weighted by molar-refractivity contribution is 6.03. The van der Waals surface area contributed by atoms with E-state index >= 15 is 0 Å². The number of hydrogen-bond acceptors (Lipinski definition) is 5. The molecule has 0 bridgehead atoms. The first kappa shape index (κ1) is 16.6. The lowest BCUT2D eigenvalue weighted by Crippen LogP contribution is -2.18. The van der Waals surface area contributed by atoms with Crippen molar-refractivity contribution in [2.45, 2.75) is 6.54 Å². The minimum Gasteiger partial charge on any atom is -0.461 e. The summed E-state index contributed by atoms with van der Waals surface area (Å²) in [5.41, 5.74) is 1.66. The van der Waals surface area contributed by atoms with Crippen LogP contribution in [0.2, 0.25) is 0 Å². The fourth-order valence-corrected chi connectivity index (χ4v) is 2.59. The zero-order chi connectivity index (χ0) is 18.6. The summed E-state index contributed by atoms with van der Waals surface area (Å²) in [5.74, 6) is 0.499. The lowest BCUT2D eigenvalue weighted by Gasteiger charge is -2.07. The van der Waals surface area contributed by atoms with Crippen molar-refractivity contribution < 1.29 is 13.7 Å². The van der Waals surface area contributed by atoms with E-state index in [2.05, 4.69) is 10.5 Å². The minimum absolute atomic E-state index is 0.0618. The van der Waals surface area contributed by atoms with Crippen LogP contribution in [0.1, 0.15) is 16.1 Å². The second kappa shape index (κ2) is 7.17. The minimum atomic E-state index is -0.386. The van der Waals surface area contributed by atoms with Gasteiger partial charge < -0.3 is 18.8 Å². The first-order chi connectivity index (χ1) is 13.2. The van der Waals surface area contributed by atoms with Crippen molar-refractivity contribution in [2.75, 3.05) is 5.32 Å². The van der Waals surface area contributed by atoms with Crippen LogP contribution in [-0.2, 0) is 6.54 Å². The number of pyridine rings is 1. The molecule has 0 aliphatic heterocycles. The first-order valence-electron chi connectivity index (χ1n) is 8.25. The average molecular weight is 361 g/mol. The molecule has 0 saturated carbocycles. The number of hydrogen-bond donors (Lipinski definition) is 1. The topological polar surface area (TPSA) is 90.3 Å². The molecular formula is C20H15N3O4. The Labute approximate surface area is 153 Å². The Hall–Kier alpha value is -3.87. The maximum atomic E-state index is 12.3. The van der Waals surface area contributed by atoms with E-state index in [1.165, 1.54) is 18.4 Å². The number of amides is 1. The van der Waals surface area contributed by atoms with Crippen LogP contribution in [0.25, 0.3) is 11.5 Å². The molecule has 0 aliphatic rings. The quantitative estimate of drug-likeness (QED) is 0.588. The molecule has 7 nitrogen and oxygen atoms in total. The molecule has 3 heterocycles. The highest BCUT2D eigenvalue weighted by Gasteiger charge is 2.15. The van der Waals surface area contributed by atoms with Gasteiger partial charge in [-0.1, -0.05) is 23.4 Å². The van der Waals surface area contributed by atoms with Crippen molar-refractivity contribution >= 4 is 11.6 Å². The number of nitrogens with zero attached hydrogens (tertiary/aromatic N) is 2. The van der Waals surface area contributed by atoms with Gasteiger partial charge in [-0.15, -0.1) is 0 Å². The third-order valence-electron chi connectivity index (χ3n) is 3.97. The highest BCUT2D eigenvalue weighted by Crippen LogP contribution is 2.21. The molecular weight excluding hydrogens is 346 g/mol. The number of nitrogens with one attached hydrogen (secondary N) is 1. The molecule has 0 atom stereocenters. The molecule has 1 N–H and O–H groups in total. The van der Waals surface area contributed by atoms with Crippen LogP contribution in [0.15, 0.2) is 86.9 Å². The smallest absolute Gasteiger partial charge is 0.277 e. The van der Waals surface area contributed by atoms with E-state index in [0.29, 0.717) is 23.8 Å². The van der Waals surface area contributed by atoms with E-state index in [1.807, 2.05) is 18.2 Å². The monoisotopic (exact) mass is 361 g/mol. The third kappa shape index (κ3) is 3.72. The van der Waals surface area contributed by atoms with Crippen LogP contribution in [0.5, 0.6) is 0 Å². The fourth-order valence-electron chi connectivity index (χ4n) is 2.59. The second-order valence-electron chi connectivity index (χ2n) is 5.87. The fraction of sp³-hybridized carbons (Fsp3) is 0.0500. The zero-order valence-corrected chi connectivity index (χ0v) is 14.2. The molecule has 0 fully saturated rings. The van der Waals surface area contributed by atoms with Crippen molar-refractivity contribution in [2.24, 2.45) is 0 Å². The van der Waals surface area contributed by atoms with Gasteiger partial charge in [-0.05, 0) is 35.9 Å². The van der Waals surface area contributed by atoms with Gasteiger partial charge in [0, 0.05) is 24.0 Å². The van der Waals surface area contributed by atoms with Crippen molar-refractivity contribution in [3.63, 3.8) is 0 Å². The van der Waals surface area contributed by atoms with Crippen LogP contribution in [-0.4, -0.2) is 15.6 Å². The van der Waals surface area contributed by atoms with E-state index in [-0.39, 0.29) is 17.2 Å². The van der Waals surface area contributed by atoms with E-state index in [1.54, 1.807) is 41.1 Å². The molecule has 4 rings (SSSR count). The molecule has 0 saturated heterocycles. The summed E-state index contributed by atoms with van der Waals surface area (Å²) in [6.45, 7) is 0.462. The van der Waals surface area contributed by atoms with Gasteiger partial charge in [0.05, 0.1) is 12.8 Å². The zero-order valence-electron chi connectivity index (χ0n) is 14.2. The Kier molecular flexibility index (Phi) is 4.40. The number of rotatable bonds is 5. The number of benzene rings is 1. The molecule has 0 aliphatic carbocycles. The Balaban J connectivity index is 1.43. The van der Waals surface area contributed by atoms with Gasteiger partial charge in [-0.2, -0.15) is 0 Å².